The fraction of sp³-hybridized carbons (Fsp3) is 0.538. The average molecular weight is 272 g/mol. The van der Waals surface area contributed by atoms with Crippen LogP contribution >= 0.6 is 0 Å². The Balaban J connectivity index is 2.51. The summed E-state index contributed by atoms with van der Waals surface area (Å²) in [5, 5.41) is 9.40. The molecule has 0 aromatic heterocycles. The van der Waals surface area contributed by atoms with Crippen LogP contribution in [-0.2, 0) is 27.1 Å². The molecule has 102 valence electrons. The SMILES string of the molecule is CC(O)Cc1ccccc1CCCOS(C)(=O)=O. The van der Waals surface area contributed by atoms with Crippen molar-refractivity contribution in [1.82, 2.24) is 0 Å². The van der Waals surface area contributed by atoms with Gasteiger partial charge in [-0.3, -0.25) is 4.18 Å². The second kappa shape index (κ2) is 6.87. The van der Waals surface area contributed by atoms with E-state index in [9.17, 15) is 13.5 Å². The van der Waals surface area contributed by atoms with Gasteiger partial charge in [-0.25, -0.2) is 0 Å². The van der Waals surface area contributed by atoms with Crippen LogP contribution in [-0.4, -0.2) is 32.5 Å². The predicted molar refractivity (Wildman–Crippen MR) is 70.9 cm³/mol. The van der Waals surface area contributed by atoms with Crippen molar-refractivity contribution in [2.75, 3.05) is 12.9 Å². The number of benzene rings is 1. The molecule has 0 heterocycles. The molecule has 0 saturated heterocycles. The van der Waals surface area contributed by atoms with E-state index in [2.05, 4.69) is 0 Å². The highest BCUT2D eigenvalue weighted by molar-refractivity contribution is 7.85. The van der Waals surface area contributed by atoms with E-state index in [1.54, 1.807) is 6.92 Å². The topological polar surface area (TPSA) is 63.6 Å². The molecular weight excluding hydrogens is 252 g/mol. The minimum absolute atomic E-state index is 0.196. The zero-order valence-electron chi connectivity index (χ0n) is 10.8. The number of hydrogen-bond donors (Lipinski definition) is 1. The molecule has 0 radical (unpaired) electrons. The molecule has 0 aliphatic heterocycles. The van der Waals surface area contributed by atoms with Crippen molar-refractivity contribution in [3.05, 3.63) is 35.4 Å². The first-order valence-corrected chi connectivity index (χ1v) is 7.79. The van der Waals surface area contributed by atoms with Crippen LogP contribution in [0.25, 0.3) is 0 Å². The van der Waals surface area contributed by atoms with Gasteiger partial charge in [0.15, 0.2) is 0 Å². The lowest BCUT2D eigenvalue weighted by Gasteiger charge is -2.10. The fourth-order valence-electron chi connectivity index (χ4n) is 1.79. The summed E-state index contributed by atoms with van der Waals surface area (Å²) in [5.41, 5.74) is 2.24. The van der Waals surface area contributed by atoms with E-state index in [4.69, 9.17) is 4.18 Å². The van der Waals surface area contributed by atoms with Gasteiger partial charge < -0.3 is 5.11 Å². The molecule has 1 aromatic rings. The van der Waals surface area contributed by atoms with Gasteiger partial charge in [-0.2, -0.15) is 8.42 Å². The third-order valence-electron chi connectivity index (χ3n) is 2.52. The summed E-state index contributed by atoms with van der Waals surface area (Å²) in [5.74, 6) is 0. The lowest BCUT2D eigenvalue weighted by atomic mass is 9.99. The summed E-state index contributed by atoms with van der Waals surface area (Å²) in [4.78, 5) is 0. The lowest BCUT2D eigenvalue weighted by molar-refractivity contribution is 0.195. The van der Waals surface area contributed by atoms with Crippen molar-refractivity contribution in [3.63, 3.8) is 0 Å². The molecule has 0 fully saturated rings. The molecule has 0 amide bonds. The Morgan fingerprint density at radius 2 is 1.89 bits per heavy atom. The number of hydrogen-bond acceptors (Lipinski definition) is 4. The maximum Gasteiger partial charge on any atom is 0.264 e. The molecule has 0 aliphatic carbocycles. The maximum absolute atomic E-state index is 10.8. The minimum Gasteiger partial charge on any atom is -0.393 e. The summed E-state index contributed by atoms with van der Waals surface area (Å²) < 4.78 is 26.3. The molecule has 1 rings (SSSR count). The monoisotopic (exact) mass is 272 g/mol. The highest BCUT2D eigenvalue weighted by atomic mass is 32.2. The molecule has 1 atom stereocenters. The first kappa shape index (κ1) is 15.1. The van der Waals surface area contributed by atoms with E-state index in [0.29, 0.717) is 12.8 Å². The second-order valence-corrected chi connectivity index (χ2v) is 6.10. The van der Waals surface area contributed by atoms with Gasteiger partial charge in [-0.1, -0.05) is 24.3 Å². The van der Waals surface area contributed by atoms with Crippen LogP contribution in [0.15, 0.2) is 24.3 Å². The van der Waals surface area contributed by atoms with Crippen molar-refractivity contribution in [2.24, 2.45) is 0 Å². The van der Waals surface area contributed by atoms with Crippen LogP contribution in [0.5, 0.6) is 0 Å². The highest BCUT2D eigenvalue weighted by Crippen LogP contribution is 2.13. The zero-order chi connectivity index (χ0) is 13.6. The quantitative estimate of drug-likeness (QED) is 0.604. The van der Waals surface area contributed by atoms with Gasteiger partial charge in [0.1, 0.15) is 0 Å². The lowest BCUT2D eigenvalue weighted by Crippen LogP contribution is -2.08. The van der Waals surface area contributed by atoms with Crippen molar-refractivity contribution in [2.45, 2.75) is 32.3 Å². The first-order valence-electron chi connectivity index (χ1n) is 5.98. The third-order valence-corrected chi connectivity index (χ3v) is 3.12. The Morgan fingerprint density at radius 1 is 1.28 bits per heavy atom. The zero-order valence-corrected chi connectivity index (χ0v) is 11.6. The van der Waals surface area contributed by atoms with Crippen LogP contribution in [0.2, 0.25) is 0 Å². The Hall–Kier alpha value is -0.910. The van der Waals surface area contributed by atoms with Gasteiger partial charge >= 0.3 is 0 Å². The summed E-state index contributed by atoms with van der Waals surface area (Å²) >= 11 is 0. The molecule has 1 aromatic carbocycles. The maximum atomic E-state index is 10.8. The first-order chi connectivity index (χ1) is 8.38. The molecule has 0 aliphatic rings. The van der Waals surface area contributed by atoms with E-state index in [0.717, 1.165) is 23.8 Å². The molecular formula is C13H20O4S. The van der Waals surface area contributed by atoms with Crippen molar-refractivity contribution in [1.29, 1.82) is 0 Å². The standard InChI is InChI=1S/C13H20O4S/c1-11(14)10-13-7-4-3-6-12(13)8-5-9-17-18(2,15)16/h3-4,6-7,11,14H,5,8-10H2,1-2H3. The minimum atomic E-state index is -3.35. The molecule has 1 N–H and O–H groups in total. The number of rotatable bonds is 7. The predicted octanol–water partition coefficient (Wildman–Crippen LogP) is 1.52. The average Bonchev–Trinajstić information content (AvgIpc) is 2.24. The summed E-state index contributed by atoms with van der Waals surface area (Å²) in [7, 11) is -3.35. The van der Waals surface area contributed by atoms with Crippen LogP contribution in [0, 0.1) is 0 Å². The van der Waals surface area contributed by atoms with Crippen molar-refractivity contribution in [3.8, 4) is 0 Å². The van der Waals surface area contributed by atoms with Gasteiger partial charge in [0.2, 0.25) is 0 Å². The summed E-state index contributed by atoms with van der Waals surface area (Å²) in [6, 6.07) is 7.87. The van der Waals surface area contributed by atoms with Gasteiger partial charge in [0.25, 0.3) is 10.1 Å². The Kier molecular flexibility index (Phi) is 5.78. The third kappa shape index (κ3) is 6.14. The highest BCUT2D eigenvalue weighted by Gasteiger charge is 2.06. The van der Waals surface area contributed by atoms with Crippen LogP contribution < -0.4 is 0 Å². The largest absolute Gasteiger partial charge is 0.393 e. The number of aliphatic hydroxyl groups is 1. The van der Waals surface area contributed by atoms with Crippen molar-refractivity contribution >= 4 is 10.1 Å². The van der Waals surface area contributed by atoms with Crippen LogP contribution in [0.1, 0.15) is 24.5 Å². The van der Waals surface area contributed by atoms with E-state index in [1.165, 1.54) is 0 Å². The number of aliphatic hydroxyl groups excluding tert-OH is 1. The van der Waals surface area contributed by atoms with Gasteiger partial charge in [0.05, 0.1) is 19.0 Å². The molecule has 0 spiro atoms. The van der Waals surface area contributed by atoms with E-state index < -0.39 is 10.1 Å². The van der Waals surface area contributed by atoms with E-state index in [-0.39, 0.29) is 12.7 Å². The van der Waals surface area contributed by atoms with Crippen molar-refractivity contribution < 1.29 is 17.7 Å². The normalized spacial score (nSPS) is 13.5. The molecule has 1 unspecified atom stereocenters. The second-order valence-electron chi connectivity index (χ2n) is 4.45. The number of aryl methyl sites for hydroxylation is 1. The summed E-state index contributed by atoms with van der Waals surface area (Å²) in [6.07, 6.45) is 2.68. The van der Waals surface area contributed by atoms with E-state index >= 15 is 0 Å². The Morgan fingerprint density at radius 3 is 2.44 bits per heavy atom. The summed E-state index contributed by atoms with van der Waals surface area (Å²) in [6.45, 7) is 1.95. The molecule has 0 bridgehead atoms. The Bertz CT molecular complexity index is 466. The van der Waals surface area contributed by atoms with Crippen LogP contribution in [0.4, 0.5) is 0 Å². The van der Waals surface area contributed by atoms with Gasteiger partial charge in [-0.05, 0) is 37.3 Å². The molecule has 18 heavy (non-hydrogen) atoms. The van der Waals surface area contributed by atoms with E-state index in [1.807, 2.05) is 24.3 Å². The van der Waals surface area contributed by atoms with Gasteiger partial charge in [0, 0.05) is 0 Å². The molecule has 5 heteroatoms. The molecule has 0 saturated carbocycles. The molecule has 4 nitrogen and oxygen atoms in total. The van der Waals surface area contributed by atoms with Crippen LogP contribution in [0.3, 0.4) is 0 Å². The fourth-order valence-corrected chi connectivity index (χ4v) is 2.21. The van der Waals surface area contributed by atoms with Gasteiger partial charge in [-0.15, -0.1) is 0 Å². The Labute approximate surface area is 109 Å². The smallest absolute Gasteiger partial charge is 0.264 e.